The number of fused-ring (bicyclic) bond motifs is 1. The van der Waals surface area contributed by atoms with Gasteiger partial charge in [0.15, 0.2) is 11.4 Å². The van der Waals surface area contributed by atoms with Gasteiger partial charge in [0, 0.05) is 12.7 Å². The van der Waals surface area contributed by atoms with Crippen LogP contribution in [0.15, 0.2) is 42.6 Å². The SMILES string of the molecule is CCc1nc2c(OC)cccn2c1C(=O)NCCc1ccc(F)cc1. The van der Waals surface area contributed by atoms with Crippen LogP contribution in [0.4, 0.5) is 4.39 Å². The molecule has 1 aromatic carbocycles. The number of hydrogen-bond acceptors (Lipinski definition) is 3. The number of ether oxygens (including phenoxy) is 1. The molecule has 0 aliphatic rings. The third kappa shape index (κ3) is 3.47. The molecule has 2 heterocycles. The zero-order chi connectivity index (χ0) is 17.8. The van der Waals surface area contributed by atoms with Gasteiger partial charge in [-0.25, -0.2) is 9.37 Å². The van der Waals surface area contributed by atoms with Crippen molar-refractivity contribution in [2.45, 2.75) is 19.8 Å². The molecule has 5 nitrogen and oxygen atoms in total. The molecule has 0 aliphatic heterocycles. The Morgan fingerprint density at radius 2 is 2.04 bits per heavy atom. The number of rotatable bonds is 6. The third-order valence-electron chi connectivity index (χ3n) is 4.07. The molecule has 0 bridgehead atoms. The number of pyridine rings is 1. The number of methoxy groups -OCH3 is 1. The summed E-state index contributed by atoms with van der Waals surface area (Å²) in [6.07, 6.45) is 3.08. The highest BCUT2D eigenvalue weighted by Gasteiger charge is 2.19. The number of amides is 1. The van der Waals surface area contributed by atoms with Crippen molar-refractivity contribution in [1.82, 2.24) is 14.7 Å². The van der Waals surface area contributed by atoms with Crippen molar-refractivity contribution in [2.24, 2.45) is 0 Å². The molecular formula is C19H20FN3O2. The monoisotopic (exact) mass is 341 g/mol. The van der Waals surface area contributed by atoms with E-state index in [0.29, 0.717) is 36.5 Å². The maximum absolute atomic E-state index is 12.9. The third-order valence-corrected chi connectivity index (χ3v) is 4.07. The molecular weight excluding hydrogens is 321 g/mol. The summed E-state index contributed by atoms with van der Waals surface area (Å²) in [5.74, 6) is 0.183. The van der Waals surface area contributed by atoms with Gasteiger partial charge in [0.05, 0.1) is 12.8 Å². The Kier molecular flexibility index (Phi) is 4.97. The van der Waals surface area contributed by atoms with Crippen molar-refractivity contribution < 1.29 is 13.9 Å². The van der Waals surface area contributed by atoms with E-state index in [1.54, 1.807) is 29.8 Å². The zero-order valence-corrected chi connectivity index (χ0v) is 14.3. The summed E-state index contributed by atoms with van der Waals surface area (Å²) in [6.45, 7) is 2.42. The first-order chi connectivity index (χ1) is 12.1. The first-order valence-corrected chi connectivity index (χ1v) is 8.20. The molecule has 0 fully saturated rings. The van der Waals surface area contributed by atoms with Gasteiger partial charge in [0.2, 0.25) is 0 Å². The van der Waals surface area contributed by atoms with Gasteiger partial charge in [-0.1, -0.05) is 19.1 Å². The number of nitrogens with zero attached hydrogens (tertiary/aromatic N) is 2. The number of halogens is 1. The standard InChI is InChI=1S/C19H20FN3O2/c1-3-15-17(23-12-4-5-16(25-2)18(23)22-15)19(24)21-11-10-13-6-8-14(20)9-7-13/h4-9,12H,3,10-11H2,1-2H3,(H,21,24). The predicted octanol–water partition coefficient (Wildman–Crippen LogP) is 3.02. The number of benzene rings is 1. The summed E-state index contributed by atoms with van der Waals surface area (Å²) in [6, 6.07) is 9.92. The molecule has 0 unspecified atom stereocenters. The van der Waals surface area contributed by atoms with Crippen molar-refractivity contribution in [3.63, 3.8) is 0 Å². The van der Waals surface area contributed by atoms with E-state index >= 15 is 0 Å². The van der Waals surface area contributed by atoms with Crippen LogP contribution >= 0.6 is 0 Å². The van der Waals surface area contributed by atoms with Gasteiger partial charge in [-0.3, -0.25) is 9.20 Å². The first kappa shape index (κ1) is 17.0. The number of nitrogens with one attached hydrogen (secondary N) is 1. The Labute approximate surface area is 145 Å². The quantitative estimate of drug-likeness (QED) is 0.750. The van der Waals surface area contributed by atoms with Crippen molar-refractivity contribution in [3.05, 3.63) is 65.4 Å². The summed E-state index contributed by atoms with van der Waals surface area (Å²) in [5, 5.41) is 2.92. The fourth-order valence-electron chi connectivity index (χ4n) is 2.79. The highest BCUT2D eigenvalue weighted by molar-refractivity contribution is 5.95. The molecule has 0 saturated heterocycles. The smallest absolute Gasteiger partial charge is 0.270 e. The molecule has 130 valence electrons. The van der Waals surface area contributed by atoms with E-state index < -0.39 is 0 Å². The van der Waals surface area contributed by atoms with E-state index in [4.69, 9.17) is 4.74 Å². The number of imidazole rings is 1. The van der Waals surface area contributed by atoms with Gasteiger partial charge in [-0.05, 0) is 42.7 Å². The summed E-state index contributed by atoms with van der Waals surface area (Å²) in [7, 11) is 1.58. The van der Waals surface area contributed by atoms with E-state index in [-0.39, 0.29) is 11.7 Å². The molecule has 25 heavy (non-hydrogen) atoms. The zero-order valence-electron chi connectivity index (χ0n) is 14.3. The molecule has 2 aromatic heterocycles. The Hall–Kier alpha value is -2.89. The average molecular weight is 341 g/mol. The van der Waals surface area contributed by atoms with Gasteiger partial charge < -0.3 is 10.1 Å². The molecule has 0 spiro atoms. The lowest BCUT2D eigenvalue weighted by Gasteiger charge is -2.07. The second kappa shape index (κ2) is 7.34. The molecule has 0 atom stereocenters. The largest absolute Gasteiger partial charge is 0.493 e. The average Bonchev–Trinajstić information content (AvgIpc) is 3.02. The van der Waals surface area contributed by atoms with Crippen LogP contribution in [0.2, 0.25) is 0 Å². The van der Waals surface area contributed by atoms with Crippen LogP contribution in [0.1, 0.15) is 28.7 Å². The maximum Gasteiger partial charge on any atom is 0.270 e. The second-order valence-corrected chi connectivity index (χ2v) is 5.66. The van der Waals surface area contributed by atoms with E-state index in [9.17, 15) is 9.18 Å². The first-order valence-electron chi connectivity index (χ1n) is 8.20. The predicted molar refractivity (Wildman–Crippen MR) is 93.6 cm³/mol. The minimum absolute atomic E-state index is 0.181. The Balaban J connectivity index is 1.78. The summed E-state index contributed by atoms with van der Waals surface area (Å²) < 4.78 is 20.0. The van der Waals surface area contributed by atoms with E-state index in [0.717, 1.165) is 11.3 Å². The van der Waals surface area contributed by atoms with Crippen molar-refractivity contribution >= 4 is 11.6 Å². The number of carbonyl (C=O) groups excluding carboxylic acids is 1. The van der Waals surface area contributed by atoms with Crippen LogP contribution in [-0.4, -0.2) is 28.9 Å². The van der Waals surface area contributed by atoms with Gasteiger partial charge >= 0.3 is 0 Å². The molecule has 0 aliphatic carbocycles. The molecule has 3 aromatic rings. The summed E-state index contributed by atoms with van der Waals surface area (Å²) >= 11 is 0. The summed E-state index contributed by atoms with van der Waals surface area (Å²) in [4.78, 5) is 17.2. The topological polar surface area (TPSA) is 55.6 Å². The van der Waals surface area contributed by atoms with Crippen molar-refractivity contribution in [2.75, 3.05) is 13.7 Å². The van der Waals surface area contributed by atoms with Crippen LogP contribution in [0.25, 0.3) is 5.65 Å². The Bertz CT molecular complexity index is 888. The van der Waals surface area contributed by atoms with Gasteiger partial charge in [-0.2, -0.15) is 0 Å². The highest BCUT2D eigenvalue weighted by Crippen LogP contribution is 2.22. The van der Waals surface area contributed by atoms with Gasteiger partial charge in [0.1, 0.15) is 11.5 Å². The van der Waals surface area contributed by atoms with E-state index in [2.05, 4.69) is 10.3 Å². The molecule has 1 N–H and O–H groups in total. The lowest BCUT2D eigenvalue weighted by Crippen LogP contribution is -2.27. The van der Waals surface area contributed by atoms with Crippen LogP contribution < -0.4 is 10.1 Å². The van der Waals surface area contributed by atoms with E-state index in [1.165, 1.54) is 12.1 Å². The minimum Gasteiger partial charge on any atom is -0.493 e. The molecule has 3 rings (SSSR count). The minimum atomic E-state index is -0.264. The Morgan fingerprint density at radius 3 is 2.72 bits per heavy atom. The van der Waals surface area contributed by atoms with Crippen molar-refractivity contribution in [3.8, 4) is 5.75 Å². The van der Waals surface area contributed by atoms with Gasteiger partial charge in [0.25, 0.3) is 5.91 Å². The Morgan fingerprint density at radius 1 is 1.28 bits per heavy atom. The van der Waals surface area contributed by atoms with Crippen LogP contribution in [0.5, 0.6) is 5.75 Å². The maximum atomic E-state index is 12.9. The van der Waals surface area contributed by atoms with E-state index in [1.807, 2.05) is 19.1 Å². The van der Waals surface area contributed by atoms with Crippen LogP contribution in [-0.2, 0) is 12.8 Å². The van der Waals surface area contributed by atoms with Crippen LogP contribution in [0, 0.1) is 5.82 Å². The second-order valence-electron chi connectivity index (χ2n) is 5.66. The number of carbonyl (C=O) groups is 1. The van der Waals surface area contributed by atoms with Gasteiger partial charge in [-0.15, -0.1) is 0 Å². The molecule has 0 saturated carbocycles. The number of aromatic nitrogens is 2. The normalized spacial score (nSPS) is 10.8. The number of aryl methyl sites for hydroxylation is 1. The lowest BCUT2D eigenvalue weighted by molar-refractivity contribution is 0.0947. The van der Waals surface area contributed by atoms with Crippen LogP contribution in [0.3, 0.4) is 0 Å². The fraction of sp³-hybridized carbons (Fsp3) is 0.263. The fourth-order valence-corrected chi connectivity index (χ4v) is 2.79. The highest BCUT2D eigenvalue weighted by atomic mass is 19.1. The van der Waals surface area contributed by atoms with Crippen molar-refractivity contribution in [1.29, 1.82) is 0 Å². The number of hydrogen-bond donors (Lipinski definition) is 1. The molecule has 6 heteroatoms. The summed E-state index contributed by atoms with van der Waals surface area (Å²) in [5.41, 5.74) is 2.85. The molecule has 1 amide bonds. The lowest BCUT2D eigenvalue weighted by atomic mass is 10.1. The molecule has 0 radical (unpaired) electrons.